The van der Waals surface area contributed by atoms with Crippen LogP contribution >= 0.6 is 0 Å². The van der Waals surface area contributed by atoms with Gasteiger partial charge in [-0.05, 0) is 29.2 Å². The van der Waals surface area contributed by atoms with Crippen LogP contribution in [-0.2, 0) is 12.8 Å². The SMILES string of the molecule is OB(O)c1cccc(COc2cccc(C(F)(F)F)c2)c1. The molecule has 0 saturated carbocycles. The number of benzene rings is 2. The van der Waals surface area contributed by atoms with Gasteiger partial charge in [0.25, 0.3) is 0 Å². The Balaban J connectivity index is 2.08. The molecule has 2 rings (SSSR count). The number of rotatable bonds is 4. The van der Waals surface area contributed by atoms with Gasteiger partial charge in [-0.1, -0.05) is 30.3 Å². The molecule has 2 aromatic rings. The molecule has 21 heavy (non-hydrogen) atoms. The van der Waals surface area contributed by atoms with Crippen molar-refractivity contribution in [2.24, 2.45) is 0 Å². The van der Waals surface area contributed by atoms with Crippen LogP contribution in [0.5, 0.6) is 5.75 Å². The number of alkyl halides is 3. The van der Waals surface area contributed by atoms with E-state index in [0.717, 1.165) is 12.1 Å². The van der Waals surface area contributed by atoms with Crippen LogP contribution in [0.1, 0.15) is 11.1 Å². The Morgan fingerprint density at radius 3 is 2.38 bits per heavy atom. The molecule has 0 unspecified atom stereocenters. The quantitative estimate of drug-likeness (QED) is 0.848. The predicted octanol–water partition coefficient (Wildman–Crippen LogP) is 1.96. The minimum absolute atomic E-state index is 0.0296. The van der Waals surface area contributed by atoms with Crippen molar-refractivity contribution in [3.8, 4) is 5.75 Å². The smallest absolute Gasteiger partial charge is 0.488 e. The van der Waals surface area contributed by atoms with Gasteiger partial charge in [0, 0.05) is 0 Å². The second-order valence-electron chi connectivity index (χ2n) is 4.43. The van der Waals surface area contributed by atoms with Crippen molar-refractivity contribution < 1.29 is 28.0 Å². The summed E-state index contributed by atoms with van der Waals surface area (Å²) in [5.41, 5.74) is 0.137. The number of ether oxygens (including phenoxy) is 1. The molecule has 0 spiro atoms. The summed E-state index contributed by atoms with van der Waals surface area (Å²) in [6.07, 6.45) is -4.42. The lowest BCUT2D eigenvalue weighted by atomic mass is 9.80. The van der Waals surface area contributed by atoms with E-state index in [9.17, 15) is 13.2 Å². The lowest BCUT2D eigenvalue weighted by Gasteiger charge is -2.11. The van der Waals surface area contributed by atoms with Crippen molar-refractivity contribution in [3.05, 3.63) is 59.7 Å². The standard InChI is InChI=1S/C14H12BF3O3/c16-14(17,18)11-4-2-6-13(8-11)21-9-10-3-1-5-12(7-10)15(19)20/h1-8,19-20H,9H2. The van der Waals surface area contributed by atoms with Crippen LogP contribution in [0.4, 0.5) is 13.2 Å². The summed E-state index contributed by atoms with van der Waals surface area (Å²) in [7, 11) is -1.60. The Labute approximate surface area is 119 Å². The highest BCUT2D eigenvalue weighted by atomic mass is 19.4. The van der Waals surface area contributed by atoms with Crippen LogP contribution in [0.15, 0.2) is 48.5 Å². The lowest BCUT2D eigenvalue weighted by molar-refractivity contribution is -0.137. The molecule has 0 aliphatic heterocycles. The third-order valence-electron chi connectivity index (χ3n) is 2.82. The summed E-state index contributed by atoms with van der Waals surface area (Å²) in [6, 6.07) is 10.9. The fourth-order valence-corrected chi connectivity index (χ4v) is 1.77. The molecule has 0 radical (unpaired) electrons. The van der Waals surface area contributed by atoms with E-state index in [1.165, 1.54) is 24.3 Å². The van der Waals surface area contributed by atoms with Crippen molar-refractivity contribution in [1.29, 1.82) is 0 Å². The van der Waals surface area contributed by atoms with Gasteiger partial charge in [-0.25, -0.2) is 0 Å². The molecule has 3 nitrogen and oxygen atoms in total. The predicted molar refractivity (Wildman–Crippen MR) is 72.0 cm³/mol. The molecule has 0 amide bonds. The van der Waals surface area contributed by atoms with E-state index in [4.69, 9.17) is 14.8 Å². The van der Waals surface area contributed by atoms with Crippen molar-refractivity contribution in [1.82, 2.24) is 0 Å². The molecule has 2 aromatic carbocycles. The fourth-order valence-electron chi connectivity index (χ4n) is 1.77. The zero-order chi connectivity index (χ0) is 15.5. The topological polar surface area (TPSA) is 49.7 Å². The Bertz CT molecular complexity index is 614. The van der Waals surface area contributed by atoms with Gasteiger partial charge in [0.15, 0.2) is 0 Å². The summed E-state index contributed by atoms with van der Waals surface area (Å²) in [5.74, 6) is 0.0970. The molecule has 0 atom stereocenters. The molecule has 0 bridgehead atoms. The second kappa shape index (κ2) is 6.20. The fraction of sp³-hybridized carbons (Fsp3) is 0.143. The van der Waals surface area contributed by atoms with E-state index in [2.05, 4.69) is 0 Å². The van der Waals surface area contributed by atoms with Crippen LogP contribution in [0.2, 0.25) is 0 Å². The molecule has 2 N–H and O–H groups in total. The molecule has 110 valence electrons. The first-order valence-electron chi connectivity index (χ1n) is 6.11. The van der Waals surface area contributed by atoms with Gasteiger partial charge in [-0.15, -0.1) is 0 Å². The third-order valence-corrected chi connectivity index (χ3v) is 2.82. The molecule has 7 heteroatoms. The summed E-state index contributed by atoms with van der Waals surface area (Å²) in [6.45, 7) is 0.0296. The molecule has 0 aliphatic carbocycles. The van der Waals surface area contributed by atoms with Gasteiger partial charge < -0.3 is 14.8 Å². The van der Waals surface area contributed by atoms with Crippen LogP contribution < -0.4 is 10.2 Å². The van der Waals surface area contributed by atoms with E-state index < -0.39 is 18.9 Å². The first-order chi connectivity index (χ1) is 9.86. The van der Waals surface area contributed by atoms with E-state index in [1.54, 1.807) is 12.1 Å². The van der Waals surface area contributed by atoms with Crippen LogP contribution in [-0.4, -0.2) is 17.2 Å². The van der Waals surface area contributed by atoms with Crippen LogP contribution in [0.3, 0.4) is 0 Å². The monoisotopic (exact) mass is 296 g/mol. The molecule has 0 fully saturated rings. The third kappa shape index (κ3) is 4.24. The minimum Gasteiger partial charge on any atom is -0.489 e. The van der Waals surface area contributed by atoms with Crippen LogP contribution in [0.25, 0.3) is 0 Å². The van der Waals surface area contributed by atoms with E-state index in [0.29, 0.717) is 11.0 Å². The van der Waals surface area contributed by atoms with Crippen molar-refractivity contribution in [2.75, 3.05) is 0 Å². The van der Waals surface area contributed by atoms with Gasteiger partial charge in [-0.3, -0.25) is 0 Å². The summed E-state index contributed by atoms with van der Waals surface area (Å²) < 4.78 is 43.0. The molecular formula is C14H12BF3O3. The lowest BCUT2D eigenvalue weighted by Crippen LogP contribution is -2.29. The molecule has 0 aromatic heterocycles. The van der Waals surface area contributed by atoms with Crippen LogP contribution in [0, 0.1) is 0 Å². The van der Waals surface area contributed by atoms with Gasteiger partial charge in [0.2, 0.25) is 0 Å². The second-order valence-corrected chi connectivity index (χ2v) is 4.43. The Morgan fingerprint density at radius 1 is 1.00 bits per heavy atom. The number of hydrogen-bond acceptors (Lipinski definition) is 3. The highest BCUT2D eigenvalue weighted by molar-refractivity contribution is 6.58. The zero-order valence-electron chi connectivity index (χ0n) is 10.8. The van der Waals surface area contributed by atoms with Gasteiger partial charge >= 0.3 is 13.3 Å². The average Bonchev–Trinajstić information content (AvgIpc) is 2.45. The summed E-state index contributed by atoms with van der Waals surface area (Å²) in [5, 5.41) is 18.1. The zero-order valence-corrected chi connectivity index (χ0v) is 10.8. The maximum Gasteiger partial charge on any atom is 0.488 e. The normalized spacial score (nSPS) is 11.3. The first-order valence-corrected chi connectivity index (χ1v) is 6.11. The Kier molecular flexibility index (Phi) is 4.54. The van der Waals surface area contributed by atoms with Crippen molar-refractivity contribution in [2.45, 2.75) is 12.8 Å². The Morgan fingerprint density at radius 2 is 1.71 bits per heavy atom. The van der Waals surface area contributed by atoms with E-state index in [-0.39, 0.29) is 12.4 Å². The number of halogens is 3. The molecule has 0 saturated heterocycles. The molecular weight excluding hydrogens is 284 g/mol. The van der Waals surface area contributed by atoms with Gasteiger partial charge in [0.05, 0.1) is 5.56 Å². The van der Waals surface area contributed by atoms with Gasteiger partial charge in [-0.2, -0.15) is 13.2 Å². The highest BCUT2D eigenvalue weighted by Gasteiger charge is 2.30. The minimum atomic E-state index is -4.42. The summed E-state index contributed by atoms with van der Waals surface area (Å²) in [4.78, 5) is 0. The largest absolute Gasteiger partial charge is 0.489 e. The Hall–Kier alpha value is -1.99. The van der Waals surface area contributed by atoms with Gasteiger partial charge in [0.1, 0.15) is 12.4 Å². The maximum atomic E-state index is 12.6. The highest BCUT2D eigenvalue weighted by Crippen LogP contribution is 2.31. The molecule has 0 aliphatic rings. The van der Waals surface area contributed by atoms with Crippen molar-refractivity contribution in [3.63, 3.8) is 0 Å². The molecule has 0 heterocycles. The average molecular weight is 296 g/mol. The summed E-state index contributed by atoms with van der Waals surface area (Å²) >= 11 is 0. The maximum absolute atomic E-state index is 12.6. The number of hydrogen-bond donors (Lipinski definition) is 2. The van der Waals surface area contributed by atoms with E-state index >= 15 is 0 Å². The van der Waals surface area contributed by atoms with Crippen molar-refractivity contribution >= 4 is 12.6 Å². The van der Waals surface area contributed by atoms with E-state index in [1.807, 2.05) is 0 Å². The first kappa shape index (κ1) is 15.4.